The van der Waals surface area contributed by atoms with Crippen LogP contribution in [0.3, 0.4) is 0 Å². The lowest BCUT2D eigenvalue weighted by atomic mass is 10.1. The Kier molecular flexibility index (Phi) is 5.60. The fraction of sp³-hybridized carbons (Fsp3) is 0.174. The fourth-order valence-electron chi connectivity index (χ4n) is 3.57. The highest BCUT2D eigenvalue weighted by Crippen LogP contribution is 2.34. The minimum Gasteiger partial charge on any atom is -0.477 e. The molecule has 4 rings (SSSR count). The first-order valence-electron chi connectivity index (χ1n) is 9.68. The Morgan fingerprint density at radius 1 is 1.10 bits per heavy atom. The maximum atomic E-state index is 13.0. The molecule has 31 heavy (non-hydrogen) atoms. The number of carboxylic acids is 1. The number of nitrogens with zero attached hydrogens (tertiary/aromatic N) is 3. The lowest BCUT2D eigenvalue weighted by Crippen LogP contribution is -2.28. The van der Waals surface area contributed by atoms with E-state index in [0.29, 0.717) is 39.0 Å². The molecule has 0 saturated carbocycles. The van der Waals surface area contributed by atoms with Gasteiger partial charge in [0.25, 0.3) is 5.56 Å². The summed E-state index contributed by atoms with van der Waals surface area (Å²) in [5.74, 6) is -1.17. The molecule has 4 aromatic rings. The van der Waals surface area contributed by atoms with Crippen LogP contribution in [0.4, 0.5) is 0 Å². The Hall–Kier alpha value is -3.09. The minimum atomic E-state index is -1.28. The van der Waals surface area contributed by atoms with Crippen LogP contribution in [0.1, 0.15) is 24.2 Å². The number of aromatic nitrogens is 3. The Balaban J connectivity index is 2.17. The van der Waals surface area contributed by atoms with E-state index < -0.39 is 11.5 Å². The number of pyridine rings is 1. The van der Waals surface area contributed by atoms with Crippen LogP contribution in [0.2, 0.25) is 10.0 Å². The van der Waals surface area contributed by atoms with Crippen molar-refractivity contribution in [1.29, 1.82) is 0 Å². The molecule has 2 heterocycles. The first-order valence-corrected chi connectivity index (χ1v) is 10.4. The Morgan fingerprint density at radius 2 is 1.77 bits per heavy atom. The van der Waals surface area contributed by atoms with Crippen LogP contribution < -0.4 is 5.56 Å². The predicted molar refractivity (Wildman–Crippen MR) is 123 cm³/mol. The van der Waals surface area contributed by atoms with Gasteiger partial charge in [-0.25, -0.2) is 9.48 Å². The smallest absolute Gasteiger partial charge is 0.341 e. The van der Waals surface area contributed by atoms with E-state index in [4.69, 9.17) is 28.3 Å². The number of benzene rings is 2. The Morgan fingerprint density at radius 3 is 2.39 bits per heavy atom. The van der Waals surface area contributed by atoms with Gasteiger partial charge in [-0.05, 0) is 36.2 Å². The number of hydrogen-bond donors (Lipinski definition) is 1. The van der Waals surface area contributed by atoms with Gasteiger partial charge in [0.1, 0.15) is 5.56 Å². The van der Waals surface area contributed by atoms with E-state index in [2.05, 4.69) is 0 Å². The minimum absolute atomic E-state index is 0.106. The zero-order valence-corrected chi connectivity index (χ0v) is 18.4. The average molecular weight is 456 g/mol. The maximum absolute atomic E-state index is 13.0. The second-order valence-electron chi connectivity index (χ2n) is 7.63. The number of carbonyl (C=O) groups is 1. The first kappa shape index (κ1) is 21.2. The van der Waals surface area contributed by atoms with Crippen LogP contribution in [0.15, 0.2) is 59.4 Å². The average Bonchev–Trinajstić information content (AvgIpc) is 3.09. The van der Waals surface area contributed by atoms with Gasteiger partial charge in [0.05, 0.1) is 16.4 Å². The van der Waals surface area contributed by atoms with Crippen LogP contribution in [-0.4, -0.2) is 25.4 Å². The Labute approximate surface area is 188 Å². The molecule has 0 aliphatic heterocycles. The SMILES string of the molecule is CC(C)Cn1c(=O)c(C(=O)O)cc2c(-c3ccc(Cl)cc3)n(-c3ccccc3Cl)nc21. The number of rotatable bonds is 5. The lowest BCUT2D eigenvalue weighted by Gasteiger charge is -2.11. The number of halogens is 2. The molecule has 2 aromatic carbocycles. The van der Waals surface area contributed by atoms with Crippen LogP contribution in [0.5, 0.6) is 0 Å². The van der Waals surface area contributed by atoms with Gasteiger partial charge in [-0.15, -0.1) is 5.10 Å². The van der Waals surface area contributed by atoms with E-state index in [1.165, 1.54) is 10.6 Å². The normalized spacial score (nSPS) is 11.4. The van der Waals surface area contributed by atoms with Crippen LogP contribution in [-0.2, 0) is 6.54 Å². The van der Waals surface area contributed by atoms with Gasteiger partial charge in [0.2, 0.25) is 0 Å². The van der Waals surface area contributed by atoms with Gasteiger partial charge < -0.3 is 5.11 Å². The first-order chi connectivity index (χ1) is 14.8. The molecule has 0 aliphatic carbocycles. The van der Waals surface area contributed by atoms with Crippen molar-refractivity contribution >= 4 is 40.2 Å². The second kappa shape index (κ2) is 8.21. The number of fused-ring (bicyclic) bond motifs is 1. The van der Waals surface area contributed by atoms with Crippen molar-refractivity contribution in [3.05, 3.63) is 80.6 Å². The molecule has 0 spiro atoms. The lowest BCUT2D eigenvalue weighted by molar-refractivity contribution is 0.0694. The quantitative estimate of drug-likeness (QED) is 0.429. The molecule has 0 bridgehead atoms. The van der Waals surface area contributed by atoms with Gasteiger partial charge in [-0.3, -0.25) is 9.36 Å². The van der Waals surface area contributed by atoms with E-state index in [-0.39, 0.29) is 11.5 Å². The topological polar surface area (TPSA) is 77.1 Å². The number of carboxylic acid groups (broad SMARTS) is 1. The molecule has 0 aliphatic rings. The van der Waals surface area contributed by atoms with Crippen LogP contribution in [0, 0.1) is 5.92 Å². The number of para-hydroxylation sites is 1. The monoisotopic (exact) mass is 455 g/mol. The third-order valence-electron chi connectivity index (χ3n) is 4.90. The van der Waals surface area contributed by atoms with Gasteiger partial charge >= 0.3 is 5.97 Å². The van der Waals surface area contributed by atoms with E-state index in [0.717, 1.165) is 5.56 Å². The van der Waals surface area contributed by atoms with E-state index in [9.17, 15) is 14.7 Å². The second-order valence-corrected chi connectivity index (χ2v) is 8.47. The fourth-order valence-corrected chi connectivity index (χ4v) is 3.91. The van der Waals surface area contributed by atoms with Gasteiger partial charge in [-0.1, -0.05) is 61.3 Å². The van der Waals surface area contributed by atoms with Gasteiger partial charge in [0, 0.05) is 22.5 Å². The third-order valence-corrected chi connectivity index (χ3v) is 5.47. The van der Waals surface area contributed by atoms with E-state index in [1.807, 2.05) is 44.2 Å². The standard InChI is InChI=1S/C23H19Cl2N3O3/c1-13(2)12-27-21-16(11-17(22(27)29)23(30)31)20(14-7-9-15(24)10-8-14)28(26-21)19-6-4-3-5-18(19)25/h3-11,13H,12H2,1-2H3,(H,30,31). The maximum Gasteiger partial charge on any atom is 0.341 e. The molecular formula is C23H19Cl2N3O3. The van der Waals surface area contributed by atoms with Crippen molar-refractivity contribution in [2.45, 2.75) is 20.4 Å². The molecule has 0 fully saturated rings. The molecule has 6 nitrogen and oxygen atoms in total. The van der Waals surface area contributed by atoms with Gasteiger partial charge in [0.15, 0.2) is 5.65 Å². The molecule has 158 valence electrons. The molecule has 8 heteroatoms. The molecule has 0 saturated heterocycles. The van der Waals surface area contributed by atoms with Crippen LogP contribution >= 0.6 is 23.2 Å². The highest BCUT2D eigenvalue weighted by atomic mass is 35.5. The highest BCUT2D eigenvalue weighted by Gasteiger charge is 2.23. The summed E-state index contributed by atoms with van der Waals surface area (Å²) >= 11 is 12.5. The summed E-state index contributed by atoms with van der Waals surface area (Å²) in [4.78, 5) is 24.8. The summed E-state index contributed by atoms with van der Waals surface area (Å²) in [5, 5.41) is 16.0. The summed E-state index contributed by atoms with van der Waals surface area (Å²) in [5.41, 5.74) is 1.51. The summed E-state index contributed by atoms with van der Waals surface area (Å²) in [6.07, 6.45) is 0. The molecule has 0 radical (unpaired) electrons. The largest absolute Gasteiger partial charge is 0.477 e. The van der Waals surface area contributed by atoms with Crippen molar-refractivity contribution in [2.75, 3.05) is 0 Å². The summed E-state index contributed by atoms with van der Waals surface area (Å²) < 4.78 is 3.08. The van der Waals surface area contributed by atoms with Crippen LogP contribution in [0.25, 0.3) is 28.0 Å². The number of aromatic carboxylic acids is 1. The van der Waals surface area contributed by atoms with E-state index >= 15 is 0 Å². The molecule has 2 aromatic heterocycles. The predicted octanol–water partition coefficient (Wildman–Crippen LogP) is 5.52. The zero-order chi connectivity index (χ0) is 22.3. The number of hydrogen-bond acceptors (Lipinski definition) is 3. The summed E-state index contributed by atoms with van der Waals surface area (Å²) in [6, 6.07) is 15.7. The zero-order valence-electron chi connectivity index (χ0n) is 16.8. The molecule has 0 atom stereocenters. The highest BCUT2D eigenvalue weighted by molar-refractivity contribution is 6.32. The van der Waals surface area contributed by atoms with Crippen molar-refractivity contribution in [3.63, 3.8) is 0 Å². The summed E-state index contributed by atoms with van der Waals surface area (Å²) in [6.45, 7) is 4.24. The van der Waals surface area contributed by atoms with Crippen molar-refractivity contribution in [2.24, 2.45) is 5.92 Å². The molecule has 0 amide bonds. The molecule has 0 unspecified atom stereocenters. The van der Waals surface area contributed by atoms with Crippen molar-refractivity contribution in [3.8, 4) is 16.9 Å². The Bertz CT molecular complexity index is 1360. The van der Waals surface area contributed by atoms with Crippen molar-refractivity contribution in [1.82, 2.24) is 14.3 Å². The van der Waals surface area contributed by atoms with E-state index in [1.54, 1.807) is 22.9 Å². The molecule has 1 N–H and O–H groups in total. The van der Waals surface area contributed by atoms with Crippen molar-refractivity contribution < 1.29 is 9.90 Å². The third kappa shape index (κ3) is 3.84. The summed E-state index contributed by atoms with van der Waals surface area (Å²) in [7, 11) is 0. The molecular weight excluding hydrogens is 437 g/mol. The van der Waals surface area contributed by atoms with Gasteiger partial charge in [-0.2, -0.15) is 0 Å².